The number of hydrogen-bond donors (Lipinski definition) is 1. The fourth-order valence-corrected chi connectivity index (χ4v) is 9.45. The van der Waals surface area contributed by atoms with E-state index < -0.39 is 11.9 Å². The van der Waals surface area contributed by atoms with Crippen LogP contribution in [0.2, 0.25) is 0 Å². The van der Waals surface area contributed by atoms with Crippen molar-refractivity contribution >= 4 is 34.3 Å². The molecule has 1 N–H and O–H groups in total. The summed E-state index contributed by atoms with van der Waals surface area (Å²) in [6, 6.07) is 7.97. The maximum Gasteiger partial charge on any atom is 0.329 e. The number of carbonyl (C=O) groups excluding carboxylic acids is 3. The van der Waals surface area contributed by atoms with Gasteiger partial charge in [0.2, 0.25) is 17.7 Å². The Morgan fingerprint density at radius 2 is 1.75 bits per heavy atom. The zero-order valence-electron chi connectivity index (χ0n) is 32.0. The van der Waals surface area contributed by atoms with Gasteiger partial charge in [0.25, 0.3) is 0 Å². The SMILES string of the molecule is Cn1c(=O)n(C2CCC(=O)NC2=O)c2ccc(CCCOCCC(=O)N3CCN(C4CCC(Cc5ncnn6ccc(C7CCOCC7)c56)CC4)CC3)cc21. The summed E-state index contributed by atoms with van der Waals surface area (Å²) in [7, 11) is 1.70. The Hall–Kier alpha value is -4.40. The summed E-state index contributed by atoms with van der Waals surface area (Å²) in [5, 5.41) is 6.87. The van der Waals surface area contributed by atoms with E-state index in [9.17, 15) is 19.2 Å². The average Bonchev–Trinajstić information content (AvgIpc) is 3.75. The van der Waals surface area contributed by atoms with Gasteiger partial charge < -0.3 is 14.4 Å². The van der Waals surface area contributed by atoms with Crippen LogP contribution in [-0.2, 0) is 43.7 Å². The molecular formula is C41H54N8O6. The fourth-order valence-electron chi connectivity index (χ4n) is 9.45. The maximum atomic E-state index is 13.0. The summed E-state index contributed by atoms with van der Waals surface area (Å²) in [4.78, 5) is 59.6. The van der Waals surface area contributed by atoms with Crippen LogP contribution in [0.25, 0.3) is 16.6 Å². The molecule has 6 heterocycles. The van der Waals surface area contributed by atoms with Crippen molar-refractivity contribution in [3.8, 4) is 0 Å². The number of imidazole rings is 1. The summed E-state index contributed by atoms with van der Waals surface area (Å²) in [5.41, 5.74) is 6.02. The predicted molar refractivity (Wildman–Crippen MR) is 206 cm³/mol. The smallest absolute Gasteiger partial charge is 0.329 e. The van der Waals surface area contributed by atoms with Crippen LogP contribution in [0.5, 0.6) is 0 Å². The van der Waals surface area contributed by atoms with Crippen molar-refractivity contribution in [3.05, 3.63) is 64.1 Å². The number of aryl methyl sites for hydroxylation is 2. The molecule has 3 amide bonds. The number of piperazine rings is 1. The number of piperidine rings is 1. The Morgan fingerprint density at radius 1 is 0.945 bits per heavy atom. The Balaban J connectivity index is 0.735. The number of nitrogens with one attached hydrogen (secondary N) is 1. The summed E-state index contributed by atoms with van der Waals surface area (Å²) in [6.07, 6.45) is 14.2. The maximum absolute atomic E-state index is 13.0. The van der Waals surface area contributed by atoms with Crippen LogP contribution in [0.3, 0.4) is 0 Å². The molecule has 4 aromatic rings. The van der Waals surface area contributed by atoms with Crippen molar-refractivity contribution in [2.75, 3.05) is 52.6 Å². The van der Waals surface area contributed by atoms with Crippen molar-refractivity contribution in [2.24, 2.45) is 13.0 Å². The highest BCUT2D eigenvalue weighted by atomic mass is 16.5. The molecule has 4 fully saturated rings. The van der Waals surface area contributed by atoms with Crippen LogP contribution in [-0.4, -0.2) is 110 Å². The summed E-state index contributed by atoms with van der Waals surface area (Å²) in [6.45, 7) is 6.02. The second kappa shape index (κ2) is 16.8. The second-order valence-corrected chi connectivity index (χ2v) is 15.9. The summed E-state index contributed by atoms with van der Waals surface area (Å²) in [5.74, 6) is 0.579. The molecule has 1 saturated carbocycles. The van der Waals surface area contributed by atoms with Crippen molar-refractivity contribution < 1.29 is 23.9 Å². The molecule has 4 aliphatic rings. The van der Waals surface area contributed by atoms with E-state index in [0.29, 0.717) is 49.4 Å². The first kappa shape index (κ1) is 37.5. The molecular weight excluding hydrogens is 701 g/mol. The third kappa shape index (κ3) is 8.13. The molecule has 0 radical (unpaired) electrons. The number of imide groups is 1. The van der Waals surface area contributed by atoms with Crippen LogP contribution >= 0.6 is 0 Å². The van der Waals surface area contributed by atoms with E-state index in [1.807, 2.05) is 27.6 Å². The first-order chi connectivity index (χ1) is 26.8. The Kier molecular flexibility index (Phi) is 11.4. The molecule has 0 spiro atoms. The van der Waals surface area contributed by atoms with Crippen molar-refractivity contribution in [3.63, 3.8) is 0 Å². The summed E-state index contributed by atoms with van der Waals surface area (Å²) < 4.78 is 16.6. The molecule has 3 aliphatic heterocycles. The van der Waals surface area contributed by atoms with E-state index in [2.05, 4.69) is 27.6 Å². The third-order valence-corrected chi connectivity index (χ3v) is 12.6. The summed E-state index contributed by atoms with van der Waals surface area (Å²) >= 11 is 0. The van der Waals surface area contributed by atoms with E-state index in [0.717, 1.165) is 82.6 Å². The molecule has 1 unspecified atom stereocenters. The molecule has 14 nitrogen and oxygen atoms in total. The number of benzene rings is 1. The second-order valence-electron chi connectivity index (χ2n) is 15.9. The highest BCUT2D eigenvalue weighted by Gasteiger charge is 2.32. The predicted octanol–water partition coefficient (Wildman–Crippen LogP) is 3.54. The van der Waals surface area contributed by atoms with E-state index in [4.69, 9.17) is 14.5 Å². The molecule has 55 heavy (non-hydrogen) atoms. The van der Waals surface area contributed by atoms with Crippen molar-refractivity contribution in [1.82, 2.24) is 38.8 Å². The van der Waals surface area contributed by atoms with Gasteiger partial charge in [-0.1, -0.05) is 6.07 Å². The molecule has 14 heteroatoms. The number of aromatic nitrogens is 5. The van der Waals surface area contributed by atoms with Crippen LogP contribution in [0.4, 0.5) is 0 Å². The molecule has 1 aromatic carbocycles. The van der Waals surface area contributed by atoms with Gasteiger partial charge in [-0.05, 0) is 105 Å². The van der Waals surface area contributed by atoms with E-state index >= 15 is 0 Å². The fraction of sp³-hybridized carbons (Fsp3) is 0.610. The average molecular weight is 755 g/mol. The van der Waals surface area contributed by atoms with Crippen LogP contribution < -0.4 is 11.0 Å². The number of hydrogen-bond acceptors (Lipinski definition) is 9. The van der Waals surface area contributed by atoms with Gasteiger partial charge >= 0.3 is 5.69 Å². The van der Waals surface area contributed by atoms with Crippen LogP contribution in [0.1, 0.15) is 93.0 Å². The largest absolute Gasteiger partial charge is 0.381 e. The number of ether oxygens (including phenoxy) is 2. The number of amides is 3. The molecule has 3 saturated heterocycles. The zero-order chi connectivity index (χ0) is 37.9. The van der Waals surface area contributed by atoms with Gasteiger partial charge in [-0.15, -0.1) is 0 Å². The van der Waals surface area contributed by atoms with Gasteiger partial charge in [0.15, 0.2) is 0 Å². The lowest BCUT2D eigenvalue weighted by Crippen LogP contribution is -2.52. The number of rotatable bonds is 12. The van der Waals surface area contributed by atoms with Gasteiger partial charge in [0.1, 0.15) is 12.4 Å². The minimum Gasteiger partial charge on any atom is -0.381 e. The van der Waals surface area contributed by atoms with Gasteiger partial charge in [-0.25, -0.2) is 14.3 Å². The molecule has 8 rings (SSSR count). The van der Waals surface area contributed by atoms with Gasteiger partial charge in [-0.3, -0.25) is 33.7 Å². The normalized spacial score (nSPS) is 23.1. The first-order valence-electron chi connectivity index (χ1n) is 20.4. The monoisotopic (exact) mass is 754 g/mol. The van der Waals surface area contributed by atoms with Gasteiger partial charge in [0.05, 0.1) is 35.3 Å². The first-order valence-corrected chi connectivity index (χ1v) is 20.4. The van der Waals surface area contributed by atoms with Crippen molar-refractivity contribution in [1.29, 1.82) is 0 Å². The molecule has 0 bridgehead atoms. The zero-order valence-corrected chi connectivity index (χ0v) is 32.0. The highest BCUT2D eigenvalue weighted by Crippen LogP contribution is 2.35. The Labute approximate surface area is 321 Å². The van der Waals surface area contributed by atoms with Crippen LogP contribution in [0, 0.1) is 5.92 Å². The van der Waals surface area contributed by atoms with Crippen molar-refractivity contribution in [2.45, 2.75) is 95.1 Å². The topological polar surface area (TPSA) is 145 Å². The van der Waals surface area contributed by atoms with E-state index in [1.54, 1.807) is 17.9 Å². The molecule has 294 valence electrons. The van der Waals surface area contributed by atoms with Gasteiger partial charge in [0, 0.05) is 71.7 Å². The van der Waals surface area contributed by atoms with Gasteiger partial charge in [-0.2, -0.15) is 5.10 Å². The minimum absolute atomic E-state index is 0.164. The molecule has 1 atom stereocenters. The third-order valence-electron chi connectivity index (χ3n) is 12.6. The number of nitrogens with zero attached hydrogens (tertiary/aromatic N) is 7. The molecule has 1 aliphatic carbocycles. The Bertz CT molecular complexity index is 2070. The Morgan fingerprint density at radius 3 is 2.53 bits per heavy atom. The lowest BCUT2D eigenvalue weighted by molar-refractivity contribution is -0.136. The number of fused-ring (bicyclic) bond motifs is 2. The van der Waals surface area contributed by atoms with E-state index in [1.165, 1.54) is 47.0 Å². The standard InChI is InChI=1S/C41H54N8O6/c1-45-36-26-28(6-9-34(36)49(41(45)53)35-10-11-37(50)44-40(35)52)3-2-21-54-24-15-38(51)47-19-17-46(18-20-47)31-7-4-29(5-8-31)25-33-39-32(30-13-22-55-23-14-30)12-16-48(39)43-27-42-33/h6,9,12,16,26-27,29-31,35H,2-5,7-8,10-11,13-15,17-25H2,1H3,(H,44,50,52). The molecule has 3 aromatic heterocycles. The minimum atomic E-state index is -0.694. The number of carbonyl (C=O) groups is 3. The lowest BCUT2D eigenvalue weighted by atomic mass is 9.82. The van der Waals surface area contributed by atoms with E-state index in [-0.39, 0.29) is 23.9 Å². The lowest BCUT2D eigenvalue weighted by Gasteiger charge is -2.42. The van der Waals surface area contributed by atoms with Crippen LogP contribution in [0.15, 0.2) is 41.6 Å². The quantitative estimate of drug-likeness (QED) is 0.170. The highest BCUT2D eigenvalue weighted by molar-refractivity contribution is 6.00.